The van der Waals surface area contributed by atoms with E-state index in [1.807, 2.05) is 98.6 Å². The first-order valence-corrected chi connectivity index (χ1v) is 26.8. The number of aliphatic hydroxyl groups excluding tert-OH is 1. The van der Waals surface area contributed by atoms with Crippen LogP contribution in [0.2, 0.25) is 0 Å². The minimum atomic E-state index is -0.936. The summed E-state index contributed by atoms with van der Waals surface area (Å²) in [6, 6.07) is 20.9. The van der Waals surface area contributed by atoms with Crippen LogP contribution in [-0.4, -0.2) is 147 Å². The number of hydrogen-bond acceptors (Lipinski definition) is 16. The van der Waals surface area contributed by atoms with Gasteiger partial charge in [-0.2, -0.15) is 5.10 Å². The van der Waals surface area contributed by atoms with Crippen LogP contribution in [0.1, 0.15) is 63.8 Å². The zero-order valence-electron chi connectivity index (χ0n) is 44.1. The minimum Gasteiger partial charge on any atom is -0.455 e. The number of nitrogen functional groups attached to an aromatic ring is 1. The number of likely N-dealkylation sites (tertiary alicyclic amines) is 2. The van der Waals surface area contributed by atoms with Crippen molar-refractivity contribution in [2.24, 2.45) is 5.41 Å². The molecular weight excluding hydrogens is 1000 g/mol. The standard InChI is InChI=1S/C56H69N11O9S/c1-6-46(69)62-43-30-39(16-17-45(43)76-42-10-8-7-9-11-42)49-48-52(57)59-34-60-53(48)67(64-49)40-18-21-65(22-19-40)23-25-74-27-29-75-28-26-73-24-20-47(70)63-51(56(3,4)5)55(72)66-33-41(68)31-44(66)54(71)58-32-37-12-14-38(15-13-37)50-36(2)61-35-77-50/h6-17,30,34-35,40-41,44,51,68H,1,18-29,31-33H2,2-5H3,(H,58,71)(H,62,69)(H,63,70)(H2,57,59,60)/t41-,44+,51-/m1/s1. The smallest absolute Gasteiger partial charge is 0.247 e. The number of aliphatic hydroxyl groups is 1. The van der Waals surface area contributed by atoms with E-state index in [1.165, 1.54) is 17.3 Å². The van der Waals surface area contributed by atoms with Gasteiger partial charge in [-0.05, 0) is 72.7 Å². The Hall–Kier alpha value is -7.14. The summed E-state index contributed by atoms with van der Waals surface area (Å²) in [7, 11) is 0. The number of ether oxygens (including phenoxy) is 4. The highest BCUT2D eigenvalue weighted by Gasteiger charge is 2.44. The Morgan fingerprint density at radius 2 is 1.61 bits per heavy atom. The fourth-order valence-corrected chi connectivity index (χ4v) is 10.2. The molecule has 3 aromatic heterocycles. The lowest BCUT2D eigenvalue weighted by molar-refractivity contribution is -0.144. The van der Waals surface area contributed by atoms with E-state index in [2.05, 4.69) is 42.4 Å². The van der Waals surface area contributed by atoms with E-state index in [-0.39, 0.29) is 62.9 Å². The van der Waals surface area contributed by atoms with Crippen molar-refractivity contribution in [1.29, 1.82) is 0 Å². The normalized spacial score (nSPS) is 16.6. The second kappa shape index (κ2) is 26.3. The molecule has 408 valence electrons. The molecule has 6 N–H and O–H groups in total. The number of anilines is 2. The molecule has 0 radical (unpaired) electrons. The summed E-state index contributed by atoms with van der Waals surface area (Å²) < 4.78 is 25.3. The summed E-state index contributed by atoms with van der Waals surface area (Å²) in [5.74, 6) is -0.155. The number of carbonyl (C=O) groups is 4. The molecule has 8 rings (SSSR count). The molecule has 4 amide bonds. The van der Waals surface area contributed by atoms with Gasteiger partial charge in [-0.3, -0.25) is 19.2 Å². The van der Waals surface area contributed by atoms with Crippen LogP contribution >= 0.6 is 11.3 Å². The van der Waals surface area contributed by atoms with Crippen LogP contribution in [-0.2, 0) is 39.9 Å². The number of nitrogens with two attached hydrogens (primary N) is 1. The SMILES string of the molecule is C=CC(=O)Nc1cc(-c2nn(C3CCN(CCOCCOCCOCCC(=O)N[C@H](C(=O)N4C[C@H](O)C[C@H]4C(=O)NCc4ccc(-c5scnc5C)cc4)C(C)(C)C)CC3)c3ncnc(N)c23)ccc1Oc1ccccc1. The van der Waals surface area contributed by atoms with Crippen molar-refractivity contribution < 1.29 is 43.2 Å². The molecule has 0 spiro atoms. The number of fused-ring (bicyclic) bond motifs is 1. The van der Waals surface area contributed by atoms with Crippen LogP contribution in [0.4, 0.5) is 11.5 Å². The lowest BCUT2D eigenvalue weighted by Gasteiger charge is -2.35. The van der Waals surface area contributed by atoms with Gasteiger partial charge in [0.25, 0.3) is 0 Å². The molecule has 20 nitrogen and oxygen atoms in total. The van der Waals surface area contributed by atoms with Crippen LogP contribution < -0.4 is 26.4 Å². The number of nitrogens with zero attached hydrogens (tertiary/aromatic N) is 7. The zero-order chi connectivity index (χ0) is 54.5. The molecule has 3 aromatic carbocycles. The van der Waals surface area contributed by atoms with Crippen LogP contribution in [0.5, 0.6) is 11.5 Å². The number of para-hydroxylation sites is 1. The summed E-state index contributed by atoms with van der Waals surface area (Å²) in [4.78, 5) is 71.1. The third-order valence-corrected chi connectivity index (χ3v) is 14.5. The van der Waals surface area contributed by atoms with Crippen molar-refractivity contribution >= 4 is 57.5 Å². The average molecular weight is 1070 g/mol. The van der Waals surface area contributed by atoms with E-state index in [0.29, 0.717) is 71.7 Å². The van der Waals surface area contributed by atoms with Gasteiger partial charge in [-0.1, -0.05) is 69.8 Å². The van der Waals surface area contributed by atoms with Crippen LogP contribution in [0.15, 0.2) is 97.3 Å². The molecular formula is C56H69N11O9S. The molecule has 0 bridgehead atoms. The molecule has 0 unspecified atom stereocenters. The third kappa shape index (κ3) is 14.7. The summed E-state index contributed by atoms with van der Waals surface area (Å²) in [5, 5.41) is 25.0. The molecule has 77 heavy (non-hydrogen) atoms. The average Bonchev–Trinajstić information content (AvgIpc) is 4.20. The molecule has 0 aliphatic carbocycles. The van der Waals surface area contributed by atoms with Crippen molar-refractivity contribution in [3.63, 3.8) is 0 Å². The Bertz CT molecular complexity index is 2970. The number of rotatable bonds is 24. The molecule has 2 aliphatic heterocycles. The Morgan fingerprint density at radius 3 is 2.30 bits per heavy atom. The monoisotopic (exact) mass is 1070 g/mol. The van der Waals surface area contributed by atoms with Gasteiger partial charge in [0.1, 0.15) is 35.7 Å². The molecule has 5 heterocycles. The Kier molecular flexibility index (Phi) is 19.1. The third-order valence-electron chi connectivity index (χ3n) is 13.6. The van der Waals surface area contributed by atoms with E-state index in [1.54, 1.807) is 23.5 Å². The highest BCUT2D eigenvalue weighted by molar-refractivity contribution is 7.13. The van der Waals surface area contributed by atoms with Gasteiger partial charge in [0.2, 0.25) is 23.6 Å². The quantitative estimate of drug-likeness (QED) is 0.0329. The predicted molar refractivity (Wildman–Crippen MR) is 294 cm³/mol. The highest BCUT2D eigenvalue weighted by Crippen LogP contribution is 2.39. The number of amides is 4. The number of thiazole rings is 1. The van der Waals surface area contributed by atoms with Gasteiger partial charge >= 0.3 is 0 Å². The minimum absolute atomic E-state index is 0.00890. The molecule has 3 atom stereocenters. The number of β-amino-alcohol motifs (C(OH)–C–C–N with tert-alkyl or cyclic N) is 1. The molecule has 2 fully saturated rings. The number of aromatic nitrogens is 5. The van der Waals surface area contributed by atoms with E-state index in [4.69, 9.17) is 29.8 Å². The second-order valence-electron chi connectivity index (χ2n) is 20.2. The Balaban J connectivity index is 0.716. The van der Waals surface area contributed by atoms with Crippen LogP contribution in [0.25, 0.3) is 32.7 Å². The Morgan fingerprint density at radius 1 is 0.909 bits per heavy atom. The van der Waals surface area contributed by atoms with E-state index >= 15 is 0 Å². The van der Waals surface area contributed by atoms with Crippen molar-refractivity contribution in [2.45, 2.75) is 84.2 Å². The largest absolute Gasteiger partial charge is 0.455 e. The van der Waals surface area contributed by atoms with Gasteiger partial charge in [0.05, 0.1) is 78.9 Å². The second-order valence-corrected chi connectivity index (χ2v) is 21.0. The number of hydrogen-bond donors (Lipinski definition) is 5. The van der Waals surface area contributed by atoms with E-state index in [9.17, 15) is 24.3 Å². The summed E-state index contributed by atoms with van der Waals surface area (Å²) >= 11 is 1.57. The van der Waals surface area contributed by atoms with E-state index in [0.717, 1.165) is 54.2 Å². The Labute approximate surface area is 452 Å². The molecule has 0 saturated carbocycles. The molecule has 21 heteroatoms. The first kappa shape index (κ1) is 56.1. The van der Waals surface area contributed by atoms with Crippen molar-refractivity contribution in [2.75, 3.05) is 76.9 Å². The number of benzene rings is 3. The molecule has 6 aromatic rings. The fraction of sp³-hybridized carbons (Fsp3) is 0.429. The van der Waals surface area contributed by atoms with Gasteiger partial charge in [-0.25, -0.2) is 19.6 Å². The van der Waals surface area contributed by atoms with Gasteiger partial charge in [-0.15, -0.1) is 11.3 Å². The summed E-state index contributed by atoms with van der Waals surface area (Å²) in [6.07, 6.45) is 3.58. The number of piperidine rings is 1. The van der Waals surface area contributed by atoms with Gasteiger partial charge < -0.3 is 55.5 Å². The molecule has 2 aliphatic rings. The zero-order valence-corrected chi connectivity index (χ0v) is 44.9. The highest BCUT2D eigenvalue weighted by atomic mass is 32.1. The first-order chi connectivity index (χ1) is 37.2. The number of carbonyl (C=O) groups excluding carboxylic acids is 4. The predicted octanol–water partition coefficient (Wildman–Crippen LogP) is 6.31. The lowest BCUT2D eigenvalue weighted by Crippen LogP contribution is -2.57. The summed E-state index contributed by atoms with van der Waals surface area (Å²) in [6.45, 7) is 15.9. The molecule has 2 saturated heterocycles. The fourth-order valence-electron chi connectivity index (χ4n) is 9.42. The maximum Gasteiger partial charge on any atom is 0.247 e. The van der Waals surface area contributed by atoms with Crippen molar-refractivity contribution in [3.8, 4) is 33.2 Å². The van der Waals surface area contributed by atoms with Gasteiger partial charge in [0.15, 0.2) is 11.4 Å². The topological polar surface area (TPSA) is 251 Å². The summed E-state index contributed by atoms with van der Waals surface area (Å²) in [5.41, 5.74) is 12.9. The maximum atomic E-state index is 14.0. The number of nitrogens with one attached hydrogen (secondary N) is 3. The maximum absolute atomic E-state index is 14.0. The lowest BCUT2D eigenvalue weighted by atomic mass is 9.85. The van der Waals surface area contributed by atoms with E-state index < -0.39 is 29.5 Å². The van der Waals surface area contributed by atoms with Crippen molar-refractivity contribution in [3.05, 3.63) is 109 Å². The van der Waals surface area contributed by atoms with Gasteiger partial charge in [0, 0.05) is 51.1 Å². The van der Waals surface area contributed by atoms with Crippen LogP contribution in [0, 0.1) is 12.3 Å². The first-order valence-electron chi connectivity index (χ1n) is 26.0. The van der Waals surface area contributed by atoms with Crippen LogP contribution in [0.3, 0.4) is 0 Å². The number of aryl methyl sites for hydroxylation is 1. The van der Waals surface area contributed by atoms with Crippen molar-refractivity contribution in [1.82, 2.24) is 45.2 Å².